The maximum absolute atomic E-state index is 13.7. The van der Waals surface area contributed by atoms with E-state index in [0.717, 1.165) is 19.0 Å². The molecule has 0 aliphatic heterocycles. The molecule has 2 nitrogen and oxygen atoms in total. The lowest BCUT2D eigenvalue weighted by atomic mass is 9.76. The monoisotopic (exact) mass is 287 g/mol. The Bertz CT molecular complexity index is 389. The molecule has 0 spiro atoms. The van der Waals surface area contributed by atoms with E-state index in [2.05, 4.69) is 27.8 Å². The predicted octanol–water partition coefficient (Wildman–Crippen LogP) is 3.38. The van der Waals surface area contributed by atoms with Gasteiger partial charge in [0.15, 0.2) is 0 Å². The SMILES string of the molecule is CC1CCC(O)(c2cc(Br)ncc2F)CC1. The van der Waals surface area contributed by atoms with Crippen molar-refractivity contribution in [2.24, 2.45) is 5.92 Å². The fourth-order valence-corrected chi connectivity index (χ4v) is 2.61. The van der Waals surface area contributed by atoms with Crippen LogP contribution < -0.4 is 0 Å². The van der Waals surface area contributed by atoms with Gasteiger partial charge in [-0.1, -0.05) is 6.92 Å². The molecule has 4 heteroatoms. The minimum Gasteiger partial charge on any atom is -0.385 e. The highest BCUT2D eigenvalue weighted by molar-refractivity contribution is 9.10. The molecule has 0 amide bonds. The summed E-state index contributed by atoms with van der Waals surface area (Å²) in [7, 11) is 0. The van der Waals surface area contributed by atoms with E-state index in [1.165, 1.54) is 0 Å². The van der Waals surface area contributed by atoms with Crippen LogP contribution in [0, 0.1) is 11.7 Å². The van der Waals surface area contributed by atoms with E-state index < -0.39 is 11.4 Å². The molecule has 88 valence electrons. The zero-order chi connectivity index (χ0) is 11.8. The number of halogens is 2. The van der Waals surface area contributed by atoms with Gasteiger partial charge in [-0.3, -0.25) is 0 Å². The van der Waals surface area contributed by atoms with Crippen LogP contribution >= 0.6 is 15.9 Å². The van der Waals surface area contributed by atoms with Crippen LogP contribution in [0.3, 0.4) is 0 Å². The van der Waals surface area contributed by atoms with E-state index in [-0.39, 0.29) is 0 Å². The maximum atomic E-state index is 13.7. The van der Waals surface area contributed by atoms with Crippen LogP contribution in [0.5, 0.6) is 0 Å². The third-order valence-corrected chi connectivity index (χ3v) is 3.86. The second-order valence-corrected chi connectivity index (χ2v) is 5.51. The van der Waals surface area contributed by atoms with Crippen molar-refractivity contribution in [3.63, 3.8) is 0 Å². The maximum Gasteiger partial charge on any atom is 0.147 e. The van der Waals surface area contributed by atoms with Gasteiger partial charge in [0.05, 0.1) is 11.8 Å². The molecule has 0 saturated heterocycles. The van der Waals surface area contributed by atoms with Crippen LogP contribution in [0.4, 0.5) is 4.39 Å². The average Bonchev–Trinajstić information content (AvgIpc) is 2.26. The fourth-order valence-electron chi connectivity index (χ4n) is 2.28. The minimum absolute atomic E-state index is 0.376. The van der Waals surface area contributed by atoms with Crippen molar-refractivity contribution in [2.45, 2.75) is 38.2 Å². The predicted molar refractivity (Wildman–Crippen MR) is 63.4 cm³/mol. The number of rotatable bonds is 1. The lowest BCUT2D eigenvalue weighted by Crippen LogP contribution is -2.32. The first-order valence-electron chi connectivity index (χ1n) is 5.55. The zero-order valence-corrected chi connectivity index (χ0v) is 10.8. The zero-order valence-electron chi connectivity index (χ0n) is 9.21. The third kappa shape index (κ3) is 2.28. The van der Waals surface area contributed by atoms with Crippen molar-refractivity contribution in [3.8, 4) is 0 Å². The molecule has 1 heterocycles. The second kappa shape index (κ2) is 4.41. The molecule has 0 unspecified atom stereocenters. The van der Waals surface area contributed by atoms with Crippen LogP contribution in [0.2, 0.25) is 0 Å². The van der Waals surface area contributed by atoms with E-state index in [9.17, 15) is 9.50 Å². The lowest BCUT2D eigenvalue weighted by molar-refractivity contribution is -0.0151. The molecule has 0 atom stereocenters. The fraction of sp³-hybridized carbons (Fsp3) is 0.583. The Morgan fingerprint density at radius 1 is 1.50 bits per heavy atom. The molecule has 1 aromatic heterocycles. The number of pyridine rings is 1. The van der Waals surface area contributed by atoms with Crippen LogP contribution in [0.15, 0.2) is 16.9 Å². The number of aliphatic hydroxyl groups is 1. The molecule has 16 heavy (non-hydrogen) atoms. The standard InChI is InChI=1S/C12H15BrFNO/c1-8-2-4-12(16,5-3-8)9-6-11(13)15-7-10(9)14/h6-8,16H,2-5H2,1H3. The summed E-state index contributed by atoms with van der Waals surface area (Å²) in [6.45, 7) is 2.17. The number of hydrogen-bond donors (Lipinski definition) is 1. The van der Waals surface area contributed by atoms with Gasteiger partial charge in [-0.2, -0.15) is 0 Å². The molecule has 0 bridgehead atoms. The van der Waals surface area contributed by atoms with E-state index >= 15 is 0 Å². The Balaban J connectivity index is 2.32. The van der Waals surface area contributed by atoms with Crippen molar-refractivity contribution in [3.05, 3.63) is 28.2 Å². The van der Waals surface area contributed by atoms with Gasteiger partial charge in [0.1, 0.15) is 10.4 Å². The molecule has 1 fully saturated rings. The normalized spacial score (nSPS) is 30.4. The lowest BCUT2D eigenvalue weighted by Gasteiger charge is -2.35. The van der Waals surface area contributed by atoms with Crippen molar-refractivity contribution in [2.75, 3.05) is 0 Å². The first kappa shape index (κ1) is 12.0. The van der Waals surface area contributed by atoms with Gasteiger partial charge in [0.25, 0.3) is 0 Å². The molecule has 2 rings (SSSR count). The summed E-state index contributed by atoms with van der Waals surface area (Å²) in [6.07, 6.45) is 4.30. The largest absolute Gasteiger partial charge is 0.385 e. The molecule has 0 radical (unpaired) electrons. The molecule has 1 N–H and O–H groups in total. The molecule has 1 aliphatic carbocycles. The Morgan fingerprint density at radius 2 is 2.12 bits per heavy atom. The second-order valence-electron chi connectivity index (χ2n) is 4.70. The number of aromatic nitrogens is 1. The Labute approximate surface area is 103 Å². The van der Waals surface area contributed by atoms with E-state index in [1.54, 1.807) is 6.07 Å². The van der Waals surface area contributed by atoms with Gasteiger partial charge in [-0.05, 0) is 53.6 Å². The number of nitrogens with zero attached hydrogens (tertiary/aromatic N) is 1. The summed E-state index contributed by atoms with van der Waals surface area (Å²) in [5.41, 5.74) is -0.636. The first-order chi connectivity index (χ1) is 7.51. The summed E-state index contributed by atoms with van der Waals surface area (Å²) in [5.74, 6) is 0.203. The van der Waals surface area contributed by atoms with Crippen LogP contribution in [-0.2, 0) is 5.60 Å². The van der Waals surface area contributed by atoms with Gasteiger partial charge < -0.3 is 5.11 Å². The molecule has 1 saturated carbocycles. The molecule has 1 aliphatic rings. The minimum atomic E-state index is -1.01. The van der Waals surface area contributed by atoms with Crippen LogP contribution in [0.25, 0.3) is 0 Å². The van der Waals surface area contributed by atoms with E-state index in [0.29, 0.717) is 28.9 Å². The van der Waals surface area contributed by atoms with Crippen molar-refractivity contribution in [1.29, 1.82) is 0 Å². The summed E-state index contributed by atoms with van der Waals surface area (Å²) in [6, 6.07) is 1.59. The van der Waals surface area contributed by atoms with Crippen molar-refractivity contribution < 1.29 is 9.50 Å². The van der Waals surface area contributed by atoms with Crippen molar-refractivity contribution in [1.82, 2.24) is 4.98 Å². The van der Waals surface area contributed by atoms with Crippen LogP contribution in [0.1, 0.15) is 38.2 Å². The summed E-state index contributed by atoms with van der Waals surface area (Å²) in [4.78, 5) is 3.81. The first-order valence-corrected chi connectivity index (χ1v) is 6.34. The molecule has 0 aromatic carbocycles. The van der Waals surface area contributed by atoms with E-state index in [1.807, 2.05) is 0 Å². The van der Waals surface area contributed by atoms with Gasteiger partial charge in [-0.25, -0.2) is 9.37 Å². The van der Waals surface area contributed by atoms with Crippen LogP contribution in [-0.4, -0.2) is 10.1 Å². The summed E-state index contributed by atoms with van der Waals surface area (Å²) >= 11 is 3.21. The highest BCUT2D eigenvalue weighted by Crippen LogP contribution is 2.40. The molecule has 1 aromatic rings. The smallest absolute Gasteiger partial charge is 0.147 e. The highest BCUT2D eigenvalue weighted by atomic mass is 79.9. The van der Waals surface area contributed by atoms with Gasteiger partial charge in [0.2, 0.25) is 0 Å². The average molecular weight is 288 g/mol. The topological polar surface area (TPSA) is 33.1 Å². The highest BCUT2D eigenvalue weighted by Gasteiger charge is 2.35. The Morgan fingerprint density at radius 3 is 2.75 bits per heavy atom. The van der Waals surface area contributed by atoms with Gasteiger partial charge in [0, 0.05) is 5.56 Å². The quantitative estimate of drug-likeness (QED) is 0.804. The molecular weight excluding hydrogens is 273 g/mol. The Kier molecular flexibility index (Phi) is 3.31. The van der Waals surface area contributed by atoms with Gasteiger partial charge >= 0.3 is 0 Å². The number of hydrogen-bond acceptors (Lipinski definition) is 2. The van der Waals surface area contributed by atoms with E-state index in [4.69, 9.17) is 0 Å². The van der Waals surface area contributed by atoms with Gasteiger partial charge in [-0.15, -0.1) is 0 Å². The molecular formula is C12H15BrFNO. The Hall–Kier alpha value is -0.480. The van der Waals surface area contributed by atoms with Crippen molar-refractivity contribution >= 4 is 15.9 Å². The third-order valence-electron chi connectivity index (χ3n) is 3.42. The summed E-state index contributed by atoms with van der Waals surface area (Å²) in [5, 5.41) is 10.5. The summed E-state index contributed by atoms with van der Waals surface area (Å²) < 4.78 is 14.2.